The van der Waals surface area contributed by atoms with Crippen molar-refractivity contribution < 1.29 is 19.4 Å². The molecule has 0 aliphatic carbocycles. The zero-order valence-electron chi connectivity index (χ0n) is 10.6. The molecule has 1 amide bonds. The van der Waals surface area contributed by atoms with Gasteiger partial charge in [-0.2, -0.15) is 0 Å². The van der Waals surface area contributed by atoms with Crippen LogP contribution >= 0.6 is 0 Å². The third-order valence-corrected chi connectivity index (χ3v) is 3.91. The predicted octanol–water partition coefficient (Wildman–Crippen LogP) is 1.13. The fraction of sp³-hybridized carbons (Fsp3) is 0.846. The maximum Gasteiger partial charge on any atom is 0.308 e. The Labute approximate surface area is 107 Å². The van der Waals surface area contributed by atoms with Gasteiger partial charge in [0.2, 0.25) is 5.91 Å². The summed E-state index contributed by atoms with van der Waals surface area (Å²) in [5.74, 6) is -0.553. The Morgan fingerprint density at radius 1 is 1.33 bits per heavy atom. The molecule has 5 nitrogen and oxygen atoms in total. The maximum absolute atomic E-state index is 11.9. The zero-order chi connectivity index (χ0) is 13.0. The molecule has 0 spiro atoms. The first-order chi connectivity index (χ1) is 8.66. The van der Waals surface area contributed by atoms with E-state index >= 15 is 0 Å². The number of aliphatic carboxylic acids is 1. The lowest BCUT2D eigenvalue weighted by Crippen LogP contribution is -2.30. The SMILES string of the molecule is O=C(O)[C@H]1CCN(C(=O)CC[C@@H]2CCCOC2)C1. The molecule has 0 aromatic rings. The van der Waals surface area contributed by atoms with Crippen LogP contribution in [0.5, 0.6) is 0 Å². The van der Waals surface area contributed by atoms with E-state index in [4.69, 9.17) is 9.84 Å². The number of amides is 1. The second-order valence-corrected chi connectivity index (χ2v) is 5.29. The van der Waals surface area contributed by atoms with Crippen LogP contribution in [0, 0.1) is 11.8 Å². The molecule has 2 heterocycles. The first-order valence-electron chi connectivity index (χ1n) is 6.75. The molecular weight excluding hydrogens is 234 g/mol. The average molecular weight is 255 g/mol. The van der Waals surface area contributed by atoms with E-state index in [2.05, 4.69) is 0 Å². The second kappa shape index (κ2) is 6.18. The van der Waals surface area contributed by atoms with E-state index in [0.29, 0.717) is 31.8 Å². The molecule has 1 N–H and O–H groups in total. The van der Waals surface area contributed by atoms with Gasteiger partial charge in [-0.25, -0.2) is 0 Å². The molecular formula is C13H21NO4. The minimum atomic E-state index is -0.786. The number of carbonyl (C=O) groups is 2. The number of hydrogen-bond acceptors (Lipinski definition) is 3. The molecule has 0 aromatic carbocycles. The normalized spacial score (nSPS) is 28.3. The Morgan fingerprint density at radius 3 is 2.78 bits per heavy atom. The van der Waals surface area contributed by atoms with Crippen LogP contribution in [0.3, 0.4) is 0 Å². The van der Waals surface area contributed by atoms with Gasteiger partial charge in [-0.3, -0.25) is 9.59 Å². The first kappa shape index (κ1) is 13.3. The summed E-state index contributed by atoms with van der Waals surface area (Å²) in [6.45, 7) is 2.59. The van der Waals surface area contributed by atoms with Crippen molar-refractivity contribution in [3.8, 4) is 0 Å². The minimum Gasteiger partial charge on any atom is -0.481 e. The number of ether oxygens (including phenoxy) is 1. The molecule has 102 valence electrons. The Bertz CT molecular complexity index is 312. The quantitative estimate of drug-likeness (QED) is 0.817. The van der Waals surface area contributed by atoms with Gasteiger partial charge in [0.05, 0.1) is 5.92 Å². The molecule has 2 atom stereocenters. The molecule has 2 rings (SSSR count). The lowest BCUT2D eigenvalue weighted by Gasteiger charge is -2.23. The van der Waals surface area contributed by atoms with Crippen molar-refractivity contribution in [1.82, 2.24) is 4.90 Å². The summed E-state index contributed by atoms with van der Waals surface area (Å²) >= 11 is 0. The number of carboxylic acids is 1. The second-order valence-electron chi connectivity index (χ2n) is 5.29. The summed E-state index contributed by atoms with van der Waals surface area (Å²) in [7, 11) is 0. The topological polar surface area (TPSA) is 66.8 Å². The van der Waals surface area contributed by atoms with Crippen LogP contribution in [0.2, 0.25) is 0 Å². The average Bonchev–Trinajstić information content (AvgIpc) is 2.87. The van der Waals surface area contributed by atoms with Crippen LogP contribution in [0.25, 0.3) is 0 Å². The maximum atomic E-state index is 11.9. The summed E-state index contributed by atoms with van der Waals surface area (Å²) in [5.41, 5.74) is 0. The molecule has 0 bridgehead atoms. The summed E-state index contributed by atoms with van der Waals surface area (Å²) in [6, 6.07) is 0. The fourth-order valence-electron chi connectivity index (χ4n) is 2.71. The lowest BCUT2D eigenvalue weighted by atomic mass is 9.96. The number of carboxylic acid groups (broad SMARTS) is 1. The molecule has 5 heteroatoms. The van der Waals surface area contributed by atoms with Gasteiger partial charge in [0.1, 0.15) is 0 Å². The van der Waals surface area contributed by atoms with Gasteiger partial charge in [0.25, 0.3) is 0 Å². The highest BCUT2D eigenvalue weighted by molar-refractivity contribution is 5.78. The highest BCUT2D eigenvalue weighted by atomic mass is 16.5. The number of rotatable bonds is 4. The summed E-state index contributed by atoms with van der Waals surface area (Å²) in [6.07, 6.45) is 4.22. The van der Waals surface area contributed by atoms with Gasteiger partial charge in [0.15, 0.2) is 0 Å². The highest BCUT2D eigenvalue weighted by Gasteiger charge is 2.30. The van der Waals surface area contributed by atoms with Crippen molar-refractivity contribution in [2.45, 2.75) is 32.1 Å². The molecule has 2 fully saturated rings. The Balaban J connectivity index is 1.70. The van der Waals surface area contributed by atoms with Crippen molar-refractivity contribution in [2.24, 2.45) is 11.8 Å². The Morgan fingerprint density at radius 2 is 2.17 bits per heavy atom. The van der Waals surface area contributed by atoms with Crippen molar-refractivity contribution in [2.75, 3.05) is 26.3 Å². The van der Waals surface area contributed by atoms with Gasteiger partial charge in [-0.1, -0.05) is 0 Å². The van der Waals surface area contributed by atoms with Crippen LogP contribution in [0.4, 0.5) is 0 Å². The van der Waals surface area contributed by atoms with E-state index in [-0.39, 0.29) is 11.8 Å². The molecule has 2 aliphatic rings. The van der Waals surface area contributed by atoms with Crippen molar-refractivity contribution >= 4 is 11.9 Å². The lowest BCUT2D eigenvalue weighted by molar-refractivity contribution is -0.141. The van der Waals surface area contributed by atoms with E-state index in [1.807, 2.05) is 0 Å². The number of carbonyl (C=O) groups excluding carboxylic acids is 1. The number of nitrogens with zero attached hydrogens (tertiary/aromatic N) is 1. The molecule has 0 unspecified atom stereocenters. The third kappa shape index (κ3) is 3.45. The molecule has 2 saturated heterocycles. The first-order valence-corrected chi connectivity index (χ1v) is 6.75. The van der Waals surface area contributed by atoms with Crippen molar-refractivity contribution in [1.29, 1.82) is 0 Å². The van der Waals surface area contributed by atoms with Crippen molar-refractivity contribution in [3.63, 3.8) is 0 Å². The van der Waals surface area contributed by atoms with E-state index in [1.54, 1.807) is 4.90 Å². The highest BCUT2D eigenvalue weighted by Crippen LogP contribution is 2.21. The monoisotopic (exact) mass is 255 g/mol. The van der Waals surface area contributed by atoms with Crippen molar-refractivity contribution in [3.05, 3.63) is 0 Å². The fourth-order valence-corrected chi connectivity index (χ4v) is 2.71. The van der Waals surface area contributed by atoms with Gasteiger partial charge in [-0.05, 0) is 31.6 Å². The van der Waals surface area contributed by atoms with Gasteiger partial charge >= 0.3 is 5.97 Å². The molecule has 0 saturated carbocycles. The minimum absolute atomic E-state index is 0.101. The van der Waals surface area contributed by atoms with E-state index in [0.717, 1.165) is 32.5 Å². The predicted molar refractivity (Wildman–Crippen MR) is 65.1 cm³/mol. The van der Waals surface area contributed by atoms with E-state index in [9.17, 15) is 9.59 Å². The molecule has 2 aliphatic heterocycles. The Kier molecular flexibility index (Phi) is 4.58. The van der Waals surface area contributed by atoms with Crippen LogP contribution in [-0.4, -0.2) is 48.2 Å². The Hall–Kier alpha value is -1.10. The van der Waals surface area contributed by atoms with E-state index < -0.39 is 5.97 Å². The molecule has 0 radical (unpaired) electrons. The molecule has 0 aromatic heterocycles. The van der Waals surface area contributed by atoms with Gasteiger partial charge < -0.3 is 14.7 Å². The summed E-state index contributed by atoms with van der Waals surface area (Å²) in [4.78, 5) is 24.5. The zero-order valence-corrected chi connectivity index (χ0v) is 10.6. The number of hydrogen-bond donors (Lipinski definition) is 1. The van der Waals surface area contributed by atoms with Crippen LogP contribution in [-0.2, 0) is 14.3 Å². The smallest absolute Gasteiger partial charge is 0.308 e. The summed E-state index contributed by atoms with van der Waals surface area (Å²) in [5, 5.41) is 8.89. The van der Waals surface area contributed by atoms with Crippen LogP contribution in [0.15, 0.2) is 0 Å². The number of likely N-dealkylation sites (tertiary alicyclic amines) is 1. The summed E-state index contributed by atoms with van der Waals surface area (Å²) < 4.78 is 5.39. The standard InChI is InChI=1S/C13H21NO4/c15-12(4-3-10-2-1-7-18-9-10)14-6-5-11(8-14)13(16)17/h10-11H,1-9H2,(H,16,17)/t10-,11-/m0/s1. The van der Waals surface area contributed by atoms with Gasteiger partial charge in [0, 0.05) is 32.7 Å². The third-order valence-electron chi connectivity index (χ3n) is 3.91. The van der Waals surface area contributed by atoms with Crippen LogP contribution < -0.4 is 0 Å². The van der Waals surface area contributed by atoms with Crippen LogP contribution in [0.1, 0.15) is 32.1 Å². The largest absolute Gasteiger partial charge is 0.481 e. The van der Waals surface area contributed by atoms with Gasteiger partial charge in [-0.15, -0.1) is 0 Å². The molecule has 18 heavy (non-hydrogen) atoms. The van der Waals surface area contributed by atoms with E-state index in [1.165, 1.54) is 0 Å².